The molecule has 0 bridgehead atoms. The number of aromatic hydroxyl groups is 2. The molecule has 0 aliphatic heterocycles. The second-order valence-electron chi connectivity index (χ2n) is 3.38. The van der Waals surface area contributed by atoms with Gasteiger partial charge in [-0.25, -0.2) is 0 Å². The van der Waals surface area contributed by atoms with Crippen molar-refractivity contribution in [3.8, 4) is 11.5 Å². The van der Waals surface area contributed by atoms with E-state index in [-0.39, 0.29) is 5.75 Å². The van der Waals surface area contributed by atoms with Gasteiger partial charge in [0.15, 0.2) is 5.75 Å². The van der Waals surface area contributed by atoms with Gasteiger partial charge < -0.3 is 14.6 Å². The van der Waals surface area contributed by atoms with Crippen molar-refractivity contribution >= 4 is 11.8 Å². The van der Waals surface area contributed by atoms with Gasteiger partial charge in [0.25, 0.3) is 0 Å². The average Bonchev–Trinajstić information content (AvgIpc) is 2.31. The summed E-state index contributed by atoms with van der Waals surface area (Å²) in [6, 6.07) is 8.06. The van der Waals surface area contributed by atoms with Crippen molar-refractivity contribution in [2.24, 2.45) is 0 Å². The Hall–Kier alpha value is -1.88. The highest BCUT2D eigenvalue weighted by Crippen LogP contribution is 2.25. The largest absolute Gasteiger partial charge is 0.508 e. The van der Waals surface area contributed by atoms with Crippen molar-refractivity contribution in [3.05, 3.63) is 52.6 Å². The van der Waals surface area contributed by atoms with E-state index in [4.69, 9.17) is 9.52 Å². The Morgan fingerprint density at radius 3 is 2.76 bits per heavy atom. The highest BCUT2D eigenvalue weighted by Gasteiger charge is 2.03. The maximum absolute atomic E-state index is 11.1. The van der Waals surface area contributed by atoms with Gasteiger partial charge in [-0.05, 0) is 18.2 Å². The smallest absolute Gasteiger partial charge is 0.226 e. The predicted octanol–water partition coefficient (Wildman–Crippen LogP) is 2.34. The fourth-order valence-corrected chi connectivity index (χ4v) is 2.09. The van der Waals surface area contributed by atoms with Crippen LogP contribution < -0.4 is 5.43 Å². The van der Waals surface area contributed by atoms with Gasteiger partial charge in [0.1, 0.15) is 17.8 Å². The highest BCUT2D eigenvalue weighted by atomic mass is 32.2. The van der Waals surface area contributed by atoms with Crippen LogP contribution >= 0.6 is 11.8 Å². The predicted molar refractivity (Wildman–Crippen MR) is 64.3 cm³/mol. The van der Waals surface area contributed by atoms with Gasteiger partial charge in [-0.1, -0.05) is 6.07 Å². The zero-order valence-electron chi connectivity index (χ0n) is 8.79. The molecule has 4 nitrogen and oxygen atoms in total. The second-order valence-corrected chi connectivity index (χ2v) is 4.43. The van der Waals surface area contributed by atoms with Crippen LogP contribution in [0.25, 0.3) is 0 Å². The lowest BCUT2D eigenvalue weighted by atomic mass is 10.3. The third-order valence-corrected chi connectivity index (χ3v) is 3.08. The number of hydrogen-bond donors (Lipinski definition) is 2. The van der Waals surface area contributed by atoms with Gasteiger partial charge in [-0.3, -0.25) is 4.79 Å². The van der Waals surface area contributed by atoms with Crippen molar-refractivity contribution in [2.45, 2.75) is 10.6 Å². The van der Waals surface area contributed by atoms with Crippen LogP contribution in [-0.2, 0) is 5.75 Å². The molecule has 1 aromatic heterocycles. The first kappa shape index (κ1) is 11.6. The standard InChI is InChI=1S/C12H10O4S/c13-8-2-1-3-10(4-8)17-7-9-5-11(14)12(15)6-16-9/h1-6,13,15H,7H2. The van der Waals surface area contributed by atoms with Crippen molar-refractivity contribution in [1.82, 2.24) is 0 Å². The topological polar surface area (TPSA) is 70.7 Å². The third kappa shape index (κ3) is 3.04. The summed E-state index contributed by atoms with van der Waals surface area (Å²) in [6.45, 7) is 0. The summed E-state index contributed by atoms with van der Waals surface area (Å²) in [5, 5.41) is 18.3. The van der Waals surface area contributed by atoms with E-state index in [1.54, 1.807) is 18.2 Å². The Kier molecular flexibility index (Phi) is 3.39. The van der Waals surface area contributed by atoms with E-state index in [0.29, 0.717) is 11.5 Å². The van der Waals surface area contributed by atoms with E-state index in [2.05, 4.69) is 0 Å². The van der Waals surface area contributed by atoms with Crippen molar-refractivity contribution in [2.75, 3.05) is 0 Å². The van der Waals surface area contributed by atoms with E-state index in [1.165, 1.54) is 17.8 Å². The maximum Gasteiger partial charge on any atom is 0.226 e. The first-order chi connectivity index (χ1) is 8.15. The highest BCUT2D eigenvalue weighted by molar-refractivity contribution is 7.98. The molecule has 0 fully saturated rings. The first-order valence-electron chi connectivity index (χ1n) is 4.87. The van der Waals surface area contributed by atoms with Crippen LogP contribution in [0.2, 0.25) is 0 Å². The fourth-order valence-electron chi connectivity index (χ4n) is 1.25. The number of hydrogen-bond acceptors (Lipinski definition) is 5. The fraction of sp³-hybridized carbons (Fsp3) is 0.0833. The average molecular weight is 250 g/mol. The van der Waals surface area contributed by atoms with Crippen LogP contribution in [0.1, 0.15) is 5.76 Å². The third-order valence-electron chi connectivity index (χ3n) is 2.07. The van der Waals surface area contributed by atoms with Gasteiger partial charge >= 0.3 is 0 Å². The minimum Gasteiger partial charge on any atom is -0.508 e. The molecule has 2 rings (SSSR count). The Balaban J connectivity index is 2.07. The van der Waals surface area contributed by atoms with Gasteiger partial charge in [-0.15, -0.1) is 11.8 Å². The molecule has 0 saturated carbocycles. The summed E-state index contributed by atoms with van der Waals surface area (Å²) in [4.78, 5) is 12.0. The van der Waals surface area contributed by atoms with E-state index in [0.717, 1.165) is 11.2 Å². The van der Waals surface area contributed by atoms with Crippen LogP contribution in [0.3, 0.4) is 0 Å². The molecule has 0 radical (unpaired) electrons. The zero-order chi connectivity index (χ0) is 12.3. The number of phenols is 1. The van der Waals surface area contributed by atoms with Crippen LogP contribution in [0.15, 0.2) is 50.7 Å². The van der Waals surface area contributed by atoms with Gasteiger partial charge in [0.05, 0.1) is 5.75 Å². The lowest BCUT2D eigenvalue weighted by molar-refractivity contribution is 0.419. The lowest BCUT2D eigenvalue weighted by Gasteiger charge is -2.01. The van der Waals surface area contributed by atoms with E-state index < -0.39 is 11.2 Å². The molecule has 1 aromatic carbocycles. The molecule has 5 heteroatoms. The van der Waals surface area contributed by atoms with Crippen molar-refractivity contribution in [3.63, 3.8) is 0 Å². The van der Waals surface area contributed by atoms with Gasteiger partial charge in [0.2, 0.25) is 5.43 Å². The first-order valence-corrected chi connectivity index (χ1v) is 5.86. The molecule has 2 N–H and O–H groups in total. The number of benzene rings is 1. The molecule has 17 heavy (non-hydrogen) atoms. The summed E-state index contributed by atoms with van der Waals surface area (Å²) in [5.41, 5.74) is -0.456. The Labute approximate surface area is 102 Å². The van der Waals surface area contributed by atoms with E-state index in [9.17, 15) is 9.90 Å². The molecular formula is C12H10O4S. The summed E-state index contributed by atoms with van der Waals surface area (Å²) in [6.07, 6.45) is 1.03. The van der Waals surface area contributed by atoms with Crippen LogP contribution in [0.5, 0.6) is 11.5 Å². The summed E-state index contributed by atoms with van der Waals surface area (Å²) < 4.78 is 5.06. The Bertz CT molecular complexity index is 577. The molecule has 0 unspecified atom stereocenters. The SMILES string of the molecule is O=c1cc(CSc2cccc(O)c2)occ1O. The molecule has 0 atom stereocenters. The quantitative estimate of drug-likeness (QED) is 0.818. The normalized spacial score (nSPS) is 10.4. The summed E-state index contributed by atoms with van der Waals surface area (Å²) in [5.74, 6) is 0.735. The monoisotopic (exact) mass is 250 g/mol. The molecule has 0 aliphatic rings. The maximum atomic E-state index is 11.1. The van der Waals surface area contributed by atoms with Gasteiger partial charge in [-0.2, -0.15) is 0 Å². The second kappa shape index (κ2) is 4.97. The lowest BCUT2D eigenvalue weighted by Crippen LogP contribution is -1.98. The number of phenolic OH excluding ortho intramolecular Hbond substituents is 1. The molecule has 0 spiro atoms. The van der Waals surface area contributed by atoms with E-state index in [1.807, 2.05) is 6.07 Å². The van der Waals surface area contributed by atoms with Crippen LogP contribution in [0, 0.1) is 0 Å². The van der Waals surface area contributed by atoms with E-state index >= 15 is 0 Å². The van der Waals surface area contributed by atoms with Gasteiger partial charge in [0, 0.05) is 11.0 Å². The minimum atomic E-state index is -0.456. The van der Waals surface area contributed by atoms with Crippen LogP contribution in [0.4, 0.5) is 0 Å². The molecule has 0 saturated heterocycles. The molecule has 0 aliphatic carbocycles. The number of rotatable bonds is 3. The summed E-state index contributed by atoms with van der Waals surface area (Å²) >= 11 is 1.43. The molecular weight excluding hydrogens is 240 g/mol. The zero-order valence-corrected chi connectivity index (χ0v) is 9.61. The van der Waals surface area contributed by atoms with Crippen molar-refractivity contribution in [1.29, 1.82) is 0 Å². The summed E-state index contributed by atoms with van der Waals surface area (Å²) in [7, 11) is 0. The Morgan fingerprint density at radius 1 is 1.24 bits per heavy atom. The molecule has 0 amide bonds. The molecule has 1 heterocycles. The minimum absolute atomic E-state index is 0.196. The molecule has 2 aromatic rings. The van der Waals surface area contributed by atoms with Crippen molar-refractivity contribution < 1.29 is 14.6 Å². The number of thioether (sulfide) groups is 1. The molecule has 88 valence electrons. The Morgan fingerprint density at radius 2 is 2.06 bits per heavy atom. The van der Waals surface area contributed by atoms with Crippen LogP contribution in [-0.4, -0.2) is 10.2 Å².